The quantitative estimate of drug-likeness (QED) is 0.777. The van der Waals surface area contributed by atoms with E-state index in [-0.39, 0.29) is 0 Å². The number of piperidine rings is 1. The van der Waals surface area contributed by atoms with Gasteiger partial charge in [-0.1, -0.05) is 20.3 Å². The standard InChI is InChI=1S/C15H20BrNO/c1-3-15(2)6-8-17(9-7-15)14-5-4-12(11-18)10-13(14)16/h4-5,10-11H,3,6-9H2,1-2H3. The summed E-state index contributed by atoms with van der Waals surface area (Å²) in [7, 11) is 0. The SMILES string of the molecule is CCC1(C)CCN(c2ccc(C=O)cc2Br)CC1. The van der Waals surface area contributed by atoms with Crippen LogP contribution in [0, 0.1) is 5.41 Å². The second-order valence-corrected chi connectivity index (χ2v) is 6.33. The minimum absolute atomic E-state index is 0.506. The van der Waals surface area contributed by atoms with Gasteiger partial charge in [-0.05, 0) is 52.4 Å². The molecule has 3 heteroatoms. The van der Waals surface area contributed by atoms with Gasteiger partial charge >= 0.3 is 0 Å². The summed E-state index contributed by atoms with van der Waals surface area (Å²) >= 11 is 3.57. The van der Waals surface area contributed by atoms with Crippen molar-refractivity contribution in [2.24, 2.45) is 5.41 Å². The lowest BCUT2D eigenvalue weighted by atomic mass is 9.78. The highest BCUT2D eigenvalue weighted by molar-refractivity contribution is 9.10. The van der Waals surface area contributed by atoms with Crippen molar-refractivity contribution in [1.29, 1.82) is 0 Å². The molecule has 98 valence electrons. The summed E-state index contributed by atoms with van der Waals surface area (Å²) in [5.41, 5.74) is 2.44. The summed E-state index contributed by atoms with van der Waals surface area (Å²) in [5.74, 6) is 0. The Morgan fingerprint density at radius 3 is 2.56 bits per heavy atom. The molecule has 0 amide bonds. The van der Waals surface area contributed by atoms with Crippen molar-refractivity contribution in [2.75, 3.05) is 18.0 Å². The van der Waals surface area contributed by atoms with Crippen molar-refractivity contribution >= 4 is 27.9 Å². The Balaban J connectivity index is 2.12. The Morgan fingerprint density at radius 1 is 1.39 bits per heavy atom. The minimum Gasteiger partial charge on any atom is -0.371 e. The summed E-state index contributed by atoms with van der Waals surface area (Å²) in [4.78, 5) is 13.1. The molecule has 2 rings (SSSR count). The van der Waals surface area contributed by atoms with Crippen LogP contribution in [0.5, 0.6) is 0 Å². The van der Waals surface area contributed by atoms with Gasteiger partial charge in [0.15, 0.2) is 0 Å². The van der Waals surface area contributed by atoms with Crippen LogP contribution in [0.2, 0.25) is 0 Å². The predicted molar refractivity (Wildman–Crippen MR) is 79.4 cm³/mol. The molecule has 0 aliphatic carbocycles. The van der Waals surface area contributed by atoms with Crippen molar-refractivity contribution in [1.82, 2.24) is 0 Å². The van der Waals surface area contributed by atoms with Crippen molar-refractivity contribution in [2.45, 2.75) is 33.1 Å². The molecule has 1 aromatic carbocycles. The van der Waals surface area contributed by atoms with E-state index < -0.39 is 0 Å². The van der Waals surface area contributed by atoms with Crippen molar-refractivity contribution in [3.05, 3.63) is 28.2 Å². The monoisotopic (exact) mass is 309 g/mol. The van der Waals surface area contributed by atoms with E-state index in [9.17, 15) is 4.79 Å². The molecule has 0 spiro atoms. The highest BCUT2D eigenvalue weighted by Crippen LogP contribution is 2.37. The number of anilines is 1. The third-order valence-corrected chi connectivity index (χ3v) is 4.91. The molecule has 0 atom stereocenters. The molecule has 0 bridgehead atoms. The summed E-state index contributed by atoms with van der Waals surface area (Å²) in [6.07, 6.45) is 4.63. The van der Waals surface area contributed by atoms with Gasteiger partial charge in [0, 0.05) is 23.1 Å². The van der Waals surface area contributed by atoms with Crippen LogP contribution in [0.1, 0.15) is 43.5 Å². The molecule has 1 aliphatic rings. The topological polar surface area (TPSA) is 20.3 Å². The van der Waals surface area contributed by atoms with Crippen molar-refractivity contribution < 1.29 is 4.79 Å². The zero-order chi connectivity index (χ0) is 13.2. The zero-order valence-electron chi connectivity index (χ0n) is 11.1. The van der Waals surface area contributed by atoms with Gasteiger partial charge in [0.2, 0.25) is 0 Å². The number of carbonyl (C=O) groups excluding carboxylic acids is 1. The van der Waals surface area contributed by atoms with E-state index in [1.165, 1.54) is 24.9 Å². The third kappa shape index (κ3) is 2.77. The first kappa shape index (κ1) is 13.6. The summed E-state index contributed by atoms with van der Waals surface area (Å²) < 4.78 is 1.02. The maximum absolute atomic E-state index is 10.7. The van der Waals surface area contributed by atoms with Crippen LogP contribution in [-0.4, -0.2) is 19.4 Å². The number of nitrogens with zero attached hydrogens (tertiary/aromatic N) is 1. The molecule has 1 saturated heterocycles. The van der Waals surface area contributed by atoms with E-state index in [4.69, 9.17) is 0 Å². The number of hydrogen-bond donors (Lipinski definition) is 0. The molecule has 1 aromatic rings. The smallest absolute Gasteiger partial charge is 0.150 e. The van der Waals surface area contributed by atoms with Gasteiger partial charge in [-0.3, -0.25) is 4.79 Å². The van der Waals surface area contributed by atoms with Crippen molar-refractivity contribution in [3.8, 4) is 0 Å². The zero-order valence-corrected chi connectivity index (χ0v) is 12.7. The first-order chi connectivity index (χ1) is 8.58. The number of carbonyl (C=O) groups is 1. The summed E-state index contributed by atoms with van der Waals surface area (Å²) in [6, 6.07) is 5.83. The van der Waals surface area contributed by atoms with Crippen LogP contribution in [0.4, 0.5) is 5.69 Å². The van der Waals surface area contributed by atoms with Crippen LogP contribution in [0.15, 0.2) is 22.7 Å². The normalized spacial score (nSPS) is 18.7. The second kappa shape index (κ2) is 5.43. The van der Waals surface area contributed by atoms with Gasteiger partial charge in [-0.25, -0.2) is 0 Å². The van der Waals surface area contributed by atoms with Gasteiger partial charge in [0.25, 0.3) is 0 Å². The molecule has 0 radical (unpaired) electrons. The van der Waals surface area contributed by atoms with E-state index in [1.54, 1.807) is 0 Å². The first-order valence-electron chi connectivity index (χ1n) is 6.58. The van der Waals surface area contributed by atoms with Gasteiger partial charge in [-0.15, -0.1) is 0 Å². The molecule has 0 aromatic heterocycles. The number of benzene rings is 1. The fourth-order valence-electron chi connectivity index (χ4n) is 2.49. The number of aldehydes is 1. The molecule has 1 fully saturated rings. The molecule has 0 unspecified atom stereocenters. The Hall–Kier alpha value is -0.830. The minimum atomic E-state index is 0.506. The fourth-order valence-corrected chi connectivity index (χ4v) is 3.14. The molecular formula is C15H20BrNO. The summed E-state index contributed by atoms with van der Waals surface area (Å²) in [6.45, 7) is 6.87. The predicted octanol–water partition coefficient (Wildman–Crippen LogP) is 4.28. The molecule has 0 saturated carbocycles. The van der Waals surface area contributed by atoms with E-state index in [0.717, 1.165) is 29.4 Å². The van der Waals surface area contributed by atoms with Crippen LogP contribution in [-0.2, 0) is 0 Å². The maximum Gasteiger partial charge on any atom is 0.150 e. The second-order valence-electron chi connectivity index (χ2n) is 5.48. The molecular weight excluding hydrogens is 290 g/mol. The van der Waals surface area contributed by atoms with Crippen LogP contribution < -0.4 is 4.90 Å². The Morgan fingerprint density at radius 2 is 2.06 bits per heavy atom. The Labute approximate surface area is 117 Å². The van der Waals surface area contributed by atoms with Crippen LogP contribution >= 0.6 is 15.9 Å². The third-order valence-electron chi connectivity index (χ3n) is 4.27. The largest absolute Gasteiger partial charge is 0.371 e. The lowest BCUT2D eigenvalue weighted by Gasteiger charge is -2.40. The number of halogens is 1. The van der Waals surface area contributed by atoms with E-state index in [1.807, 2.05) is 18.2 Å². The lowest BCUT2D eigenvalue weighted by molar-refractivity contribution is 0.112. The highest BCUT2D eigenvalue weighted by atomic mass is 79.9. The average molecular weight is 310 g/mol. The van der Waals surface area contributed by atoms with Gasteiger partial charge < -0.3 is 4.90 Å². The van der Waals surface area contributed by atoms with Gasteiger partial charge in [0.1, 0.15) is 6.29 Å². The Kier molecular flexibility index (Phi) is 4.10. The molecule has 1 aliphatic heterocycles. The number of rotatable bonds is 3. The van der Waals surface area contributed by atoms with Gasteiger partial charge in [-0.2, -0.15) is 0 Å². The maximum atomic E-state index is 10.7. The summed E-state index contributed by atoms with van der Waals surface area (Å²) in [5, 5.41) is 0. The average Bonchev–Trinajstić information content (AvgIpc) is 2.40. The fraction of sp³-hybridized carbons (Fsp3) is 0.533. The van der Waals surface area contributed by atoms with E-state index in [0.29, 0.717) is 5.41 Å². The van der Waals surface area contributed by atoms with E-state index >= 15 is 0 Å². The number of hydrogen-bond acceptors (Lipinski definition) is 2. The van der Waals surface area contributed by atoms with Crippen molar-refractivity contribution in [3.63, 3.8) is 0 Å². The molecule has 2 nitrogen and oxygen atoms in total. The van der Waals surface area contributed by atoms with E-state index in [2.05, 4.69) is 34.7 Å². The van der Waals surface area contributed by atoms with Crippen LogP contribution in [0.3, 0.4) is 0 Å². The molecule has 1 heterocycles. The Bertz CT molecular complexity index is 436. The lowest BCUT2D eigenvalue weighted by Crippen LogP contribution is -2.38. The molecule has 0 N–H and O–H groups in total. The first-order valence-corrected chi connectivity index (χ1v) is 7.37. The highest BCUT2D eigenvalue weighted by Gasteiger charge is 2.28. The van der Waals surface area contributed by atoms with Gasteiger partial charge in [0.05, 0.1) is 5.69 Å². The molecule has 18 heavy (non-hydrogen) atoms. The van der Waals surface area contributed by atoms with Crippen LogP contribution in [0.25, 0.3) is 0 Å².